The zero-order chi connectivity index (χ0) is 12.1. The Hall–Kier alpha value is -1.42. The predicted molar refractivity (Wildman–Crippen MR) is 66.5 cm³/mol. The Labute approximate surface area is 102 Å². The monoisotopic (exact) mass is 233 g/mol. The molecular formula is C13H19N3O. The van der Waals surface area contributed by atoms with Gasteiger partial charge in [-0.15, -0.1) is 0 Å². The number of carbonyl (C=O) groups excluding carboxylic acids is 1. The first-order valence-corrected chi connectivity index (χ1v) is 6.14. The number of hydrogen-bond acceptors (Lipinski definition) is 3. The minimum Gasteiger partial charge on any atom is -0.355 e. The second-order valence-corrected chi connectivity index (χ2v) is 4.64. The van der Waals surface area contributed by atoms with Crippen molar-refractivity contribution < 1.29 is 4.79 Å². The van der Waals surface area contributed by atoms with E-state index in [0.717, 1.165) is 19.5 Å². The SMILES string of the molecule is CC1CNCC1C(=O)NCCc1ccncc1. The summed E-state index contributed by atoms with van der Waals surface area (Å²) in [6.07, 6.45) is 4.42. The molecule has 4 nitrogen and oxygen atoms in total. The van der Waals surface area contributed by atoms with Gasteiger partial charge in [0, 0.05) is 25.5 Å². The van der Waals surface area contributed by atoms with Crippen LogP contribution in [0, 0.1) is 11.8 Å². The van der Waals surface area contributed by atoms with E-state index in [1.54, 1.807) is 12.4 Å². The number of amides is 1. The molecule has 0 aromatic carbocycles. The number of pyridine rings is 1. The van der Waals surface area contributed by atoms with Gasteiger partial charge < -0.3 is 10.6 Å². The molecule has 0 saturated carbocycles. The summed E-state index contributed by atoms with van der Waals surface area (Å²) in [5.74, 6) is 0.750. The van der Waals surface area contributed by atoms with E-state index in [1.165, 1.54) is 5.56 Å². The van der Waals surface area contributed by atoms with Crippen LogP contribution < -0.4 is 10.6 Å². The number of carbonyl (C=O) groups is 1. The Morgan fingerprint density at radius 3 is 2.88 bits per heavy atom. The Morgan fingerprint density at radius 1 is 1.47 bits per heavy atom. The lowest BCUT2D eigenvalue weighted by Crippen LogP contribution is -2.35. The first kappa shape index (κ1) is 12.0. The van der Waals surface area contributed by atoms with Gasteiger partial charge >= 0.3 is 0 Å². The van der Waals surface area contributed by atoms with E-state index in [1.807, 2.05) is 12.1 Å². The quantitative estimate of drug-likeness (QED) is 0.800. The van der Waals surface area contributed by atoms with Gasteiger partial charge in [-0.2, -0.15) is 0 Å². The molecular weight excluding hydrogens is 214 g/mol. The largest absolute Gasteiger partial charge is 0.355 e. The molecule has 2 N–H and O–H groups in total. The molecule has 1 aliphatic rings. The average Bonchev–Trinajstić information content (AvgIpc) is 2.77. The summed E-state index contributed by atoms with van der Waals surface area (Å²) in [5, 5.41) is 6.25. The van der Waals surface area contributed by atoms with Crippen LogP contribution in [0.4, 0.5) is 0 Å². The van der Waals surface area contributed by atoms with Crippen molar-refractivity contribution in [2.75, 3.05) is 19.6 Å². The minimum atomic E-state index is 0.132. The molecule has 0 spiro atoms. The van der Waals surface area contributed by atoms with Crippen LogP contribution in [0.25, 0.3) is 0 Å². The maximum absolute atomic E-state index is 11.9. The maximum atomic E-state index is 11.9. The molecule has 0 radical (unpaired) electrons. The van der Waals surface area contributed by atoms with Gasteiger partial charge in [0.25, 0.3) is 0 Å². The van der Waals surface area contributed by atoms with Crippen LogP contribution in [-0.4, -0.2) is 30.5 Å². The molecule has 1 saturated heterocycles. The lowest BCUT2D eigenvalue weighted by atomic mass is 9.97. The standard InChI is InChI=1S/C13H19N3O/c1-10-8-15-9-12(10)13(17)16-7-4-11-2-5-14-6-3-11/h2-3,5-6,10,12,15H,4,7-9H2,1H3,(H,16,17). The van der Waals surface area contributed by atoms with Crippen LogP contribution in [-0.2, 0) is 11.2 Å². The molecule has 1 aromatic rings. The van der Waals surface area contributed by atoms with E-state index in [9.17, 15) is 4.79 Å². The van der Waals surface area contributed by atoms with Crippen LogP contribution in [0.5, 0.6) is 0 Å². The molecule has 1 aliphatic heterocycles. The fourth-order valence-electron chi connectivity index (χ4n) is 2.17. The van der Waals surface area contributed by atoms with Crippen molar-refractivity contribution in [3.05, 3.63) is 30.1 Å². The number of aromatic nitrogens is 1. The fourth-order valence-corrected chi connectivity index (χ4v) is 2.17. The van der Waals surface area contributed by atoms with Gasteiger partial charge in [0.2, 0.25) is 5.91 Å². The average molecular weight is 233 g/mol. The highest BCUT2D eigenvalue weighted by Crippen LogP contribution is 2.15. The Balaban J connectivity index is 1.73. The summed E-state index contributed by atoms with van der Waals surface area (Å²) in [5.41, 5.74) is 1.21. The van der Waals surface area contributed by atoms with E-state index < -0.39 is 0 Å². The molecule has 0 aliphatic carbocycles. The molecule has 2 heterocycles. The summed E-state index contributed by atoms with van der Waals surface area (Å²) in [6, 6.07) is 3.96. The smallest absolute Gasteiger partial charge is 0.224 e. The Morgan fingerprint density at radius 2 is 2.24 bits per heavy atom. The summed E-state index contributed by atoms with van der Waals surface area (Å²) in [7, 11) is 0. The molecule has 17 heavy (non-hydrogen) atoms. The third-order valence-electron chi connectivity index (χ3n) is 3.32. The highest BCUT2D eigenvalue weighted by molar-refractivity contribution is 5.79. The van der Waals surface area contributed by atoms with Crippen molar-refractivity contribution >= 4 is 5.91 Å². The van der Waals surface area contributed by atoms with Crippen molar-refractivity contribution in [3.8, 4) is 0 Å². The van der Waals surface area contributed by atoms with Crippen molar-refractivity contribution in [1.29, 1.82) is 0 Å². The molecule has 2 rings (SSSR count). The van der Waals surface area contributed by atoms with Gasteiger partial charge in [-0.05, 0) is 36.6 Å². The zero-order valence-electron chi connectivity index (χ0n) is 10.1. The fraction of sp³-hybridized carbons (Fsp3) is 0.538. The van der Waals surface area contributed by atoms with Gasteiger partial charge in [0.05, 0.1) is 5.92 Å². The zero-order valence-corrected chi connectivity index (χ0v) is 10.1. The van der Waals surface area contributed by atoms with Gasteiger partial charge in [-0.1, -0.05) is 6.92 Å². The van der Waals surface area contributed by atoms with Gasteiger partial charge in [0.15, 0.2) is 0 Å². The molecule has 0 bridgehead atoms. The summed E-state index contributed by atoms with van der Waals surface area (Å²) >= 11 is 0. The second-order valence-electron chi connectivity index (χ2n) is 4.64. The second kappa shape index (κ2) is 5.77. The van der Waals surface area contributed by atoms with E-state index in [-0.39, 0.29) is 11.8 Å². The lowest BCUT2D eigenvalue weighted by Gasteiger charge is -2.14. The highest BCUT2D eigenvalue weighted by atomic mass is 16.1. The van der Waals surface area contributed by atoms with Crippen molar-refractivity contribution in [2.45, 2.75) is 13.3 Å². The molecule has 4 heteroatoms. The summed E-state index contributed by atoms with van der Waals surface area (Å²) < 4.78 is 0. The number of rotatable bonds is 4. The van der Waals surface area contributed by atoms with Crippen LogP contribution in [0.1, 0.15) is 12.5 Å². The van der Waals surface area contributed by atoms with Crippen LogP contribution in [0.15, 0.2) is 24.5 Å². The van der Waals surface area contributed by atoms with E-state index in [2.05, 4.69) is 22.5 Å². The summed E-state index contributed by atoms with van der Waals surface area (Å²) in [6.45, 7) is 4.57. The predicted octanol–water partition coefficient (Wildman–Crippen LogP) is 0.596. The molecule has 1 aromatic heterocycles. The van der Waals surface area contributed by atoms with E-state index in [0.29, 0.717) is 12.5 Å². The maximum Gasteiger partial charge on any atom is 0.224 e. The molecule has 2 unspecified atom stereocenters. The summed E-state index contributed by atoms with van der Waals surface area (Å²) in [4.78, 5) is 15.8. The number of nitrogens with zero attached hydrogens (tertiary/aromatic N) is 1. The van der Waals surface area contributed by atoms with Gasteiger partial charge in [0.1, 0.15) is 0 Å². The van der Waals surface area contributed by atoms with Crippen LogP contribution in [0.2, 0.25) is 0 Å². The topological polar surface area (TPSA) is 54.0 Å². The van der Waals surface area contributed by atoms with Crippen LogP contribution in [0.3, 0.4) is 0 Å². The van der Waals surface area contributed by atoms with Gasteiger partial charge in [-0.3, -0.25) is 9.78 Å². The van der Waals surface area contributed by atoms with Crippen molar-refractivity contribution in [2.24, 2.45) is 11.8 Å². The first-order valence-electron chi connectivity index (χ1n) is 6.14. The molecule has 1 amide bonds. The van der Waals surface area contributed by atoms with Crippen molar-refractivity contribution in [3.63, 3.8) is 0 Å². The van der Waals surface area contributed by atoms with E-state index in [4.69, 9.17) is 0 Å². The molecule has 1 fully saturated rings. The first-order chi connectivity index (χ1) is 8.27. The third-order valence-corrected chi connectivity index (χ3v) is 3.32. The number of hydrogen-bond donors (Lipinski definition) is 2. The third kappa shape index (κ3) is 3.27. The van der Waals surface area contributed by atoms with Gasteiger partial charge in [-0.25, -0.2) is 0 Å². The Bertz CT molecular complexity index is 366. The van der Waals surface area contributed by atoms with Crippen LogP contribution >= 0.6 is 0 Å². The Kier molecular flexibility index (Phi) is 4.09. The number of nitrogens with one attached hydrogen (secondary N) is 2. The minimum absolute atomic E-state index is 0.132. The van der Waals surface area contributed by atoms with E-state index >= 15 is 0 Å². The molecule has 2 atom stereocenters. The highest BCUT2D eigenvalue weighted by Gasteiger charge is 2.28. The normalized spacial score (nSPS) is 23.6. The lowest BCUT2D eigenvalue weighted by molar-refractivity contribution is -0.125. The van der Waals surface area contributed by atoms with Crippen molar-refractivity contribution in [1.82, 2.24) is 15.6 Å². The molecule has 92 valence electrons.